The van der Waals surface area contributed by atoms with E-state index in [9.17, 15) is 4.79 Å². The maximum absolute atomic E-state index is 10.4. The van der Waals surface area contributed by atoms with Crippen LogP contribution in [0.25, 0.3) is 0 Å². The fraction of sp³-hybridized carbons (Fsp3) is 0. The Labute approximate surface area is 74.8 Å². The first kappa shape index (κ1) is 11.4. The Morgan fingerprint density at radius 2 is 1.85 bits per heavy atom. The molecule has 6 nitrogen and oxygen atoms in total. The highest BCUT2D eigenvalue weighted by molar-refractivity contribution is 5.90. The molecule has 7 N–H and O–H groups in total. The molecule has 0 unspecified atom stereocenters. The Morgan fingerprint density at radius 3 is 2.23 bits per heavy atom. The second-order valence-electron chi connectivity index (χ2n) is 1.92. The van der Waals surface area contributed by atoms with Gasteiger partial charge in [0, 0.05) is 0 Å². The first-order valence-electron chi connectivity index (χ1n) is 3.28. The number of rotatable bonds is 2. The molecular weight excluding hydrogens is 174 g/mol. The molecule has 0 aliphatic heterocycles. The van der Waals surface area contributed by atoms with Gasteiger partial charge in [-0.1, -0.05) is 12.1 Å². The maximum Gasteiger partial charge on any atom is 0.339 e. The SMILES string of the molecule is NN.NOc1ccccc1C(=O)O. The van der Waals surface area contributed by atoms with E-state index >= 15 is 0 Å². The predicted octanol–water partition coefficient (Wildman–Crippen LogP) is -0.544. The van der Waals surface area contributed by atoms with Gasteiger partial charge in [0.25, 0.3) is 0 Å². The zero-order valence-electron chi connectivity index (χ0n) is 6.81. The average molecular weight is 185 g/mol. The van der Waals surface area contributed by atoms with Crippen molar-refractivity contribution >= 4 is 5.97 Å². The average Bonchev–Trinajstić information content (AvgIpc) is 2.20. The second-order valence-corrected chi connectivity index (χ2v) is 1.92. The molecule has 0 atom stereocenters. The molecule has 1 aromatic carbocycles. The molecular formula is C7H11N3O3. The molecule has 72 valence electrons. The molecule has 0 aromatic heterocycles. The van der Waals surface area contributed by atoms with Crippen LogP contribution in [0.2, 0.25) is 0 Å². The number of hydrogen-bond donors (Lipinski definition) is 4. The minimum absolute atomic E-state index is 0.0648. The molecule has 0 saturated carbocycles. The predicted molar refractivity (Wildman–Crippen MR) is 46.6 cm³/mol. The first-order valence-corrected chi connectivity index (χ1v) is 3.28. The number of hydrogen-bond acceptors (Lipinski definition) is 5. The number of carboxylic acid groups (broad SMARTS) is 1. The van der Waals surface area contributed by atoms with Gasteiger partial charge in [0.2, 0.25) is 0 Å². The highest BCUT2D eigenvalue weighted by Crippen LogP contribution is 2.15. The Hall–Kier alpha value is -1.63. The van der Waals surface area contributed by atoms with Gasteiger partial charge in [0.15, 0.2) is 5.75 Å². The summed E-state index contributed by atoms with van der Waals surface area (Å²) in [5.41, 5.74) is 0.0648. The van der Waals surface area contributed by atoms with E-state index in [0.29, 0.717) is 0 Å². The molecule has 0 radical (unpaired) electrons. The third-order valence-corrected chi connectivity index (χ3v) is 1.24. The zero-order valence-corrected chi connectivity index (χ0v) is 6.81. The Balaban J connectivity index is 0.000000671. The molecule has 0 fully saturated rings. The van der Waals surface area contributed by atoms with Gasteiger partial charge in [-0.15, -0.1) is 0 Å². The molecule has 1 aromatic rings. The van der Waals surface area contributed by atoms with Crippen LogP contribution in [-0.4, -0.2) is 11.1 Å². The number of hydrazine groups is 1. The van der Waals surface area contributed by atoms with Crippen molar-refractivity contribution in [1.29, 1.82) is 0 Å². The fourth-order valence-electron chi connectivity index (χ4n) is 0.746. The van der Waals surface area contributed by atoms with Gasteiger partial charge in [-0.2, -0.15) is 5.90 Å². The smallest absolute Gasteiger partial charge is 0.339 e. The van der Waals surface area contributed by atoms with Crippen molar-refractivity contribution in [3.05, 3.63) is 29.8 Å². The summed E-state index contributed by atoms with van der Waals surface area (Å²) in [7, 11) is 0. The van der Waals surface area contributed by atoms with Crippen LogP contribution in [0.1, 0.15) is 10.4 Å². The quantitative estimate of drug-likeness (QED) is 0.362. The van der Waals surface area contributed by atoms with Crippen molar-refractivity contribution in [3.8, 4) is 5.75 Å². The zero-order chi connectivity index (χ0) is 10.3. The second kappa shape index (κ2) is 5.95. The van der Waals surface area contributed by atoms with Crippen LogP contribution < -0.4 is 22.4 Å². The summed E-state index contributed by atoms with van der Waals surface area (Å²) in [5, 5.41) is 8.56. The number of benzene rings is 1. The molecule has 6 heteroatoms. The molecule has 1 rings (SSSR count). The third kappa shape index (κ3) is 3.08. The third-order valence-electron chi connectivity index (χ3n) is 1.24. The number of carboxylic acids is 1. The molecule has 13 heavy (non-hydrogen) atoms. The monoisotopic (exact) mass is 185 g/mol. The number of aromatic carboxylic acids is 1. The number of nitrogens with two attached hydrogens (primary N) is 3. The van der Waals surface area contributed by atoms with Crippen molar-refractivity contribution in [2.45, 2.75) is 0 Å². The number of para-hydroxylation sites is 1. The van der Waals surface area contributed by atoms with Crippen molar-refractivity contribution in [3.63, 3.8) is 0 Å². The van der Waals surface area contributed by atoms with Crippen LogP contribution in [-0.2, 0) is 0 Å². The van der Waals surface area contributed by atoms with Crippen molar-refractivity contribution in [1.82, 2.24) is 0 Å². The van der Waals surface area contributed by atoms with E-state index < -0.39 is 5.97 Å². The highest BCUT2D eigenvalue weighted by atomic mass is 16.6. The lowest BCUT2D eigenvalue weighted by Gasteiger charge is -2.00. The minimum atomic E-state index is -1.05. The van der Waals surface area contributed by atoms with Crippen LogP contribution in [0.5, 0.6) is 5.75 Å². The van der Waals surface area contributed by atoms with Gasteiger partial charge >= 0.3 is 5.97 Å². The van der Waals surface area contributed by atoms with Crippen LogP contribution in [0.4, 0.5) is 0 Å². The summed E-state index contributed by atoms with van der Waals surface area (Å²) in [6, 6.07) is 6.16. The van der Waals surface area contributed by atoms with Gasteiger partial charge in [-0.25, -0.2) is 4.79 Å². The van der Waals surface area contributed by atoms with E-state index in [1.54, 1.807) is 12.1 Å². The lowest BCUT2D eigenvalue weighted by molar-refractivity contribution is 0.0692. The number of carbonyl (C=O) groups is 1. The molecule has 0 amide bonds. The van der Waals surface area contributed by atoms with Crippen LogP contribution in [0, 0.1) is 0 Å². The fourth-order valence-corrected chi connectivity index (χ4v) is 0.746. The summed E-state index contributed by atoms with van der Waals surface area (Å²) in [6.45, 7) is 0. The van der Waals surface area contributed by atoms with E-state index in [4.69, 9.17) is 11.0 Å². The van der Waals surface area contributed by atoms with E-state index in [1.165, 1.54) is 12.1 Å². The van der Waals surface area contributed by atoms with E-state index in [0.717, 1.165) is 0 Å². The van der Waals surface area contributed by atoms with Crippen molar-refractivity contribution < 1.29 is 14.7 Å². The first-order chi connectivity index (χ1) is 6.25. The maximum atomic E-state index is 10.4. The lowest BCUT2D eigenvalue weighted by Crippen LogP contribution is -2.07. The normalized spacial score (nSPS) is 8.23. The summed E-state index contributed by atoms with van der Waals surface area (Å²) in [4.78, 5) is 14.8. The van der Waals surface area contributed by atoms with E-state index in [1.807, 2.05) is 0 Å². The summed E-state index contributed by atoms with van der Waals surface area (Å²) in [6.07, 6.45) is 0. The lowest BCUT2D eigenvalue weighted by atomic mass is 10.2. The van der Waals surface area contributed by atoms with Gasteiger partial charge in [0.05, 0.1) is 0 Å². The van der Waals surface area contributed by atoms with Crippen LogP contribution >= 0.6 is 0 Å². The Morgan fingerprint density at radius 1 is 1.31 bits per heavy atom. The van der Waals surface area contributed by atoms with Gasteiger partial charge in [-0.3, -0.25) is 11.7 Å². The Bertz CT molecular complexity index is 277. The summed E-state index contributed by atoms with van der Waals surface area (Å²) >= 11 is 0. The molecule has 0 saturated heterocycles. The van der Waals surface area contributed by atoms with Gasteiger partial charge < -0.3 is 9.94 Å². The summed E-state index contributed by atoms with van der Waals surface area (Å²) < 4.78 is 0. The largest absolute Gasteiger partial charge is 0.478 e. The van der Waals surface area contributed by atoms with Crippen LogP contribution in [0.15, 0.2) is 24.3 Å². The van der Waals surface area contributed by atoms with Gasteiger partial charge in [-0.05, 0) is 12.1 Å². The molecule has 0 bridgehead atoms. The minimum Gasteiger partial charge on any atom is -0.478 e. The highest BCUT2D eigenvalue weighted by Gasteiger charge is 2.08. The van der Waals surface area contributed by atoms with E-state index in [2.05, 4.69) is 16.5 Å². The molecule has 0 aliphatic carbocycles. The van der Waals surface area contributed by atoms with Crippen molar-refractivity contribution in [2.24, 2.45) is 17.6 Å². The summed E-state index contributed by atoms with van der Waals surface area (Å²) in [5.74, 6) is 11.9. The van der Waals surface area contributed by atoms with Crippen molar-refractivity contribution in [2.75, 3.05) is 0 Å². The van der Waals surface area contributed by atoms with E-state index in [-0.39, 0.29) is 11.3 Å². The van der Waals surface area contributed by atoms with Crippen LogP contribution in [0.3, 0.4) is 0 Å². The van der Waals surface area contributed by atoms with Gasteiger partial charge in [0.1, 0.15) is 5.56 Å². The Kier molecular flexibility index (Phi) is 5.20. The molecule has 0 spiro atoms. The topological polar surface area (TPSA) is 125 Å². The molecule has 0 heterocycles. The molecule has 0 aliphatic rings. The standard InChI is InChI=1S/C7H7NO3.H4N2/c8-11-6-4-2-1-3-5(6)7(9)10;1-2/h1-4H,8H2,(H,9,10);1-2H2.